The molecule has 1 aliphatic carbocycles. The Morgan fingerprint density at radius 2 is 1.84 bits per heavy atom. The van der Waals surface area contributed by atoms with Crippen molar-refractivity contribution in [2.75, 3.05) is 30.4 Å². The van der Waals surface area contributed by atoms with Crippen molar-refractivity contribution in [2.24, 2.45) is 0 Å². The first-order valence-corrected chi connectivity index (χ1v) is 9.04. The summed E-state index contributed by atoms with van der Waals surface area (Å²) < 4.78 is 5.16. The molecule has 2 aromatic heterocycles. The maximum atomic E-state index is 5.16. The fourth-order valence-electron chi connectivity index (χ4n) is 3.75. The van der Waals surface area contributed by atoms with Crippen molar-refractivity contribution in [1.29, 1.82) is 0 Å². The zero-order chi connectivity index (χ0) is 17.1. The van der Waals surface area contributed by atoms with Gasteiger partial charge in [0.1, 0.15) is 24.3 Å². The van der Waals surface area contributed by atoms with Crippen LogP contribution in [-0.4, -0.2) is 46.2 Å². The van der Waals surface area contributed by atoms with Crippen LogP contribution in [0.25, 0.3) is 0 Å². The van der Waals surface area contributed by atoms with E-state index in [2.05, 4.69) is 30.2 Å². The Morgan fingerprint density at radius 3 is 2.68 bits per heavy atom. The van der Waals surface area contributed by atoms with Crippen LogP contribution in [-0.2, 0) is 12.8 Å². The summed E-state index contributed by atoms with van der Waals surface area (Å²) in [5, 5.41) is 3.50. The number of fused-ring (bicyclic) bond motifs is 1. The van der Waals surface area contributed by atoms with E-state index in [1.807, 2.05) is 6.07 Å². The maximum absolute atomic E-state index is 5.16. The monoisotopic (exact) mass is 340 g/mol. The lowest BCUT2D eigenvalue weighted by atomic mass is 9.95. The summed E-state index contributed by atoms with van der Waals surface area (Å²) in [6, 6.07) is 2.25. The molecule has 0 radical (unpaired) electrons. The number of nitrogens with one attached hydrogen (secondary N) is 1. The molecule has 7 nitrogen and oxygen atoms in total. The topological polar surface area (TPSA) is 76.1 Å². The number of aryl methyl sites for hydroxylation is 1. The van der Waals surface area contributed by atoms with E-state index in [0.29, 0.717) is 11.9 Å². The molecule has 2 aliphatic rings. The van der Waals surface area contributed by atoms with Crippen LogP contribution in [0.2, 0.25) is 0 Å². The van der Waals surface area contributed by atoms with Crippen LogP contribution in [0.5, 0.6) is 5.88 Å². The molecule has 1 N–H and O–H groups in total. The summed E-state index contributed by atoms with van der Waals surface area (Å²) in [5.74, 6) is 2.57. The van der Waals surface area contributed by atoms with Gasteiger partial charge in [0, 0.05) is 36.5 Å². The lowest BCUT2D eigenvalue weighted by molar-refractivity contribution is 0.397. The molecule has 0 spiro atoms. The Hall–Kier alpha value is -2.44. The zero-order valence-corrected chi connectivity index (χ0v) is 14.6. The molecular formula is C18H24N6O. The fourth-order valence-corrected chi connectivity index (χ4v) is 3.75. The highest BCUT2D eigenvalue weighted by Crippen LogP contribution is 2.29. The third-order valence-corrected chi connectivity index (χ3v) is 5.10. The molecule has 7 heteroatoms. The van der Waals surface area contributed by atoms with E-state index in [9.17, 15) is 0 Å². The molecule has 4 rings (SSSR count). The van der Waals surface area contributed by atoms with Crippen LogP contribution in [0.15, 0.2) is 18.7 Å². The average molecular weight is 340 g/mol. The zero-order valence-electron chi connectivity index (χ0n) is 14.6. The van der Waals surface area contributed by atoms with Gasteiger partial charge in [-0.05, 0) is 38.5 Å². The van der Waals surface area contributed by atoms with E-state index in [0.717, 1.165) is 50.4 Å². The summed E-state index contributed by atoms with van der Waals surface area (Å²) in [4.78, 5) is 19.8. The first kappa shape index (κ1) is 16.1. The minimum absolute atomic E-state index is 0.411. The van der Waals surface area contributed by atoms with Gasteiger partial charge < -0.3 is 15.0 Å². The highest BCUT2D eigenvalue weighted by molar-refractivity contribution is 5.50. The summed E-state index contributed by atoms with van der Waals surface area (Å²) >= 11 is 0. The molecule has 0 saturated carbocycles. The van der Waals surface area contributed by atoms with E-state index in [1.54, 1.807) is 13.4 Å². The van der Waals surface area contributed by atoms with Crippen LogP contribution in [0.3, 0.4) is 0 Å². The van der Waals surface area contributed by atoms with Crippen LogP contribution in [0, 0.1) is 0 Å². The Morgan fingerprint density at radius 1 is 1.04 bits per heavy atom. The van der Waals surface area contributed by atoms with Gasteiger partial charge >= 0.3 is 0 Å². The van der Waals surface area contributed by atoms with Crippen molar-refractivity contribution < 1.29 is 4.74 Å². The number of ether oxygens (including phenoxy) is 1. The molecule has 2 aromatic rings. The van der Waals surface area contributed by atoms with Crippen LogP contribution in [0.1, 0.15) is 36.9 Å². The number of nitrogens with zero attached hydrogens (tertiary/aromatic N) is 5. The van der Waals surface area contributed by atoms with Crippen molar-refractivity contribution in [3.63, 3.8) is 0 Å². The van der Waals surface area contributed by atoms with Gasteiger partial charge in [0.05, 0.1) is 7.11 Å². The highest BCUT2D eigenvalue weighted by atomic mass is 16.5. The van der Waals surface area contributed by atoms with Gasteiger partial charge in [0.15, 0.2) is 0 Å². The lowest BCUT2D eigenvalue weighted by Gasteiger charge is -2.35. The van der Waals surface area contributed by atoms with Gasteiger partial charge in [-0.25, -0.2) is 19.9 Å². The van der Waals surface area contributed by atoms with E-state index in [1.165, 1.54) is 30.4 Å². The number of rotatable bonds is 4. The van der Waals surface area contributed by atoms with Crippen LogP contribution < -0.4 is 15.0 Å². The van der Waals surface area contributed by atoms with Gasteiger partial charge in [-0.3, -0.25) is 0 Å². The SMILES string of the molecule is COc1cc(NC2CCN(c3ncnc4c3CCCC4)CC2)ncn1. The quantitative estimate of drug-likeness (QED) is 0.914. The molecule has 0 atom stereocenters. The van der Waals surface area contributed by atoms with Crippen LogP contribution >= 0.6 is 0 Å². The summed E-state index contributed by atoms with van der Waals surface area (Å²) in [6.07, 6.45) is 10.1. The van der Waals surface area contributed by atoms with Gasteiger partial charge in [0.2, 0.25) is 5.88 Å². The number of hydrogen-bond acceptors (Lipinski definition) is 7. The number of hydrogen-bond donors (Lipinski definition) is 1. The molecule has 0 amide bonds. The van der Waals surface area contributed by atoms with Crippen molar-refractivity contribution in [3.8, 4) is 5.88 Å². The Bertz CT molecular complexity index is 729. The van der Waals surface area contributed by atoms with E-state index in [-0.39, 0.29) is 0 Å². The van der Waals surface area contributed by atoms with Gasteiger partial charge in [0.25, 0.3) is 0 Å². The van der Waals surface area contributed by atoms with E-state index in [4.69, 9.17) is 4.74 Å². The number of anilines is 2. The predicted molar refractivity (Wildman–Crippen MR) is 96.1 cm³/mol. The molecule has 1 aliphatic heterocycles. The Balaban J connectivity index is 1.40. The standard InChI is InChI=1S/C18H24N6O/c1-25-17-10-16(20-12-21-17)23-13-6-8-24(9-7-13)18-14-4-2-3-5-15(14)19-11-22-18/h10-13H,2-9H2,1H3,(H,20,21,23). The van der Waals surface area contributed by atoms with Crippen molar-refractivity contribution >= 4 is 11.6 Å². The first-order chi connectivity index (χ1) is 12.3. The number of methoxy groups -OCH3 is 1. The Kier molecular flexibility index (Phi) is 4.63. The minimum atomic E-state index is 0.411. The number of aromatic nitrogens is 4. The highest BCUT2D eigenvalue weighted by Gasteiger charge is 2.24. The van der Waals surface area contributed by atoms with Crippen molar-refractivity contribution in [1.82, 2.24) is 19.9 Å². The summed E-state index contributed by atoms with van der Waals surface area (Å²) in [5.41, 5.74) is 2.63. The second-order valence-corrected chi connectivity index (χ2v) is 6.68. The normalized spacial score (nSPS) is 17.9. The average Bonchev–Trinajstić information content (AvgIpc) is 2.68. The smallest absolute Gasteiger partial charge is 0.218 e. The molecule has 1 fully saturated rings. The van der Waals surface area contributed by atoms with Gasteiger partial charge in [-0.1, -0.05) is 0 Å². The second-order valence-electron chi connectivity index (χ2n) is 6.68. The van der Waals surface area contributed by atoms with Crippen LogP contribution in [0.4, 0.5) is 11.6 Å². The molecule has 0 bridgehead atoms. The van der Waals surface area contributed by atoms with Crippen molar-refractivity contribution in [3.05, 3.63) is 30.0 Å². The molecule has 0 aromatic carbocycles. The largest absolute Gasteiger partial charge is 0.481 e. The first-order valence-electron chi connectivity index (χ1n) is 9.04. The third kappa shape index (κ3) is 3.50. The lowest BCUT2D eigenvalue weighted by Crippen LogP contribution is -2.40. The number of piperidine rings is 1. The maximum Gasteiger partial charge on any atom is 0.218 e. The van der Waals surface area contributed by atoms with Gasteiger partial charge in [-0.2, -0.15) is 0 Å². The summed E-state index contributed by atoms with van der Waals surface area (Å²) in [7, 11) is 1.62. The molecule has 1 saturated heterocycles. The Labute approximate surface area is 147 Å². The predicted octanol–water partition coefficient (Wildman–Crippen LogP) is 2.23. The molecule has 132 valence electrons. The van der Waals surface area contributed by atoms with Crippen molar-refractivity contribution in [2.45, 2.75) is 44.6 Å². The molecule has 0 unspecified atom stereocenters. The molecule has 3 heterocycles. The summed E-state index contributed by atoms with van der Waals surface area (Å²) in [6.45, 7) is 2.01. The van der Waals surface area contributed by atoms with Gasteiger partial charge in [-0.15, -0.1) is 0 Å². The van der Waals surface area contributed by atoms with E-state index >= 15 is 0 Å². The van der Waals surface area contributed by atoms with E-state index < -0.39 is 0 Å². The molecule has 25 heavy (non-hydrogen) atoms. The third-order valence-electron chi connectivity index (χ3n) is 5.10. The minimum Gasteiger partial charge on any atom is -0.481 e. The molecular weight excluding hydrogens is 316 g/mol. The second kappa shape index (κ2) is 7.21. The fraction of sp³-hybridized carbons (Fsp3) is 0.556.